The number of rotatable bonds is 7. The highest BCUT2D eigenvalue weighted by Crippen LogP contribution is 2.55. The first-order valence-electron chi connectivity index (χ1n) is 15.3. The van der Waals surface area contributed by atoms with Gasteiger partial charge in [-0.25, -0.2) is 0 Å². The number of nitrogens with zero attached hydrogens (tertiary/aromatic N) is 1. The molecule has 0 saturated heterocycles. The number of allylic oxidation sites excluding steroid dienone is 4. The van der Waals surface area contributed by atoms with Crippen LogP contribution in [0, 0.1) is 24.7 Å². The normalized spacial score (nSPS) is 19.8. The number of halogens is 1. The number of carbonyl (C=O) groups excluding carboxylic acids is 3. The summed E-state index contributed by atoms with van der Waals surface area (Å²) < 4.78 is 7.04. The highest BCUT2D eigenvalue weighted by Gasteiger charge is 2.49. The topological polar surface area (TPSA) is 75.7 Å². The molecule has 0 saturated carbocycles. The molecule has 0 fully saturated rings. The summed E-state index contributed by atoms with van der Waals surface area (Å²) in [4.78, 5) is 43.5. The van der Waals surface area contributed by atoms with E-state index in [0.29, 0.717) is 29.7 Å². The molecule has 0 spiro atoms. The van der Waals surface area contributed by atoms with Crippen LogP contribution in [0.1, 0.15) is 89.3 Å². The van der Waals surface area contributed by atoms with Crippen molar-refractivity contribution < 1.29 is 19.1 Å². The van der Waals surface area contributed by atoms with Crippen LogP contribution in [0.3, 0.4) is 0 Å². The summed E-state index contributed by atoms with van der Waals surface area (Å²) >= 11 is 3.63. The van der Waals surface area contributed by atoms with Crippen LogP contribution >= 0.6 is 15.9 Å². The van der Waals surface area contributed by atoms with Crippen LogP contribution in [0.5, 0.6) is 5.75 Å². The monoisotopic (exact) mass is 646 g/mol. The Kier molecular flexibility index (Phi) is 8.51. The molecule has 2 aromatic rings. The predicted octanol–water partition coefficient (Wildman–Crippen LogP) is 8.18. The number of ketones is 2. The van der Waals surface area contributed by atoms with Crippen molar-refractivity contribution in [3.05, 3.63) is 80.1 Å². The Morgan fingerprint density at radius 3 is 2.12 bits per heavy atom. The van der Waals surface area contributed by atoms with Gasteiger partial charge in [0, 0.05) is 63.6 Å². The second-order valence-electron chi connectivity index (χ2n) is 14.0. The Bertz CT molecular complexity index is 1510. The summed E-state index contributed by atoms with van der Waals surface area (Å²) in [5, 5.41) is 2.97. The molecule has 0 unspecified atom stereocenters. The van der Waals surface area contributed by atoms with E-state index in [9.17, 15) is 14.4 Å². The van der Waals surface area contributed by atoms with Gasteiger partial charge in [-0.05, 0) is 79.3 Å². The van der Waals surface area contributed by atoms with Crippen molar-refractivity contribution in [1.29, 1.82) is 0 Å². The van der Waals surface area contributed by atoms with Gasteiger partial charge in [-0.15, -0.1) is 0 Å². The van der Waals surface area contributed by atoms with E-state index < -0.39 is 5.92 Å². The molecule has 0 bridgehead atoms. The molecule has 6 nitrogen and oxygen atoms in total. The predicted molar refractivity (Wildman–Crippen MR) is 174 cm³/mol. The second kappa shape index (κ2) is 11.7. The lowest BCUT2D eigenvalue weighted by Crippen LogP contribution is -2.44. The van der Waals surface area contributed by atoms with Gasteiger partial charge in [0.2, 0.25) is 0 Å². The van der Waals surface area contributed by atoms with Gasteiger partial charge in [0.1, 0.15) is 5.75 Å². The fraction of sp³-hybridized carbons (Fsp3) is 0.472. The summed E-state index contributed by atoms with van der Waals surface area (Å²) in [6.45, 7) is 15.2. The van der Waals surface area contributed by atoms with E-state index in [0.717, 1.165) is 64.1 Å². The molecule has 7 heteroatoms. The number of hydrogen-bond donors (Lipinski definition) is 1. The molecular formula is C36H43BrN2O4. The molecule has 0 aromatic heterocycles. The maximum atomic E-state index is 14.1. The number of hydrogen-bond acceptors (Lipinski definition) is 5. The first-order valence-corrected chi connectivity index (χ1v) is 16.1. The largest absolute Gasteiger partial charge is 0.483 e. The van der Waals surface area contributed by atoms with Crippen molar-refractivity contribution in [3.63, 3.8) is 0 Å². The van der Waals surface area contributed by atoms with Crippen LogP contribution in [0.15, 0.2) is 63.4 Å². The second-order valence-corrected chi connectivity index (χ2v) is 14.9. The van der Waals surface area contributed by atoms with Gasteiger partial charge in [-0.3, -0.25) is 14.4 Å². The quantitative estimate of drug-likeness (QED) is 0.328. The van der Waals surface area contributed by atoms with Gasteiger partial charge in [-0.2, -0.15) is 0 Å². The third-order valence-corrected chi connectivity index (χ3v) is 9.27. The third kappa shape index (κ3) is 6.38. The van der Waals surface area contributed by atoms with Gasteiger partial charge in [-0.1, -0.05) is 62.7 Å². The van der Waals surface area contributed by atoms with Crippen molar-refractivity contribution in [2.75, 3.05) is 18.5 Å². The van der Waals surface area contributed by atoms with Crippen molar-refractivity contribution in [2.24, 2.45) is 10.8 Å². The molecule has 1 heterocycles. The Labute approximate surface area is 264 Å². The summed E-state index contributed by atoms with van der Waals surface area (Å²) in [5.74, 6) is -0.145. The molecular weight excluding hydrogens is 604 g/mol. The minimum Gasteiger partial charge on any atom is -0.483 e. The van der Waals surface area contributed by atoms with Gasteiger partial charge >= 0.3 is 0 Å². The van der Waals surface area contributed by atoms with E-state index in [4.69, 9.17) is 4.74 Å². The molecule has 3 aliphatic rings. The number of nitrogens with one attached hydrogen (secondary N) is 1. The average molecular weight is 648 g/mol. The molecule has 2 aliphatic carbocycles. The minimum absolute atomic E-state index is 0.0835. The summed E-state index contributed by atoms with van der Waals surface area (Å²) in [6, 6.07) is 11.6. The zero-order valence-corrected chi connectivity index (χ0v) is 28.0. The first-order chi connectivity index (χ1) is 20.2. The van der Waals surface area contributed by atoms with Gasteiger partial charge in [0.25, 0.3) is 5.91 Å². The van der Waals surface area contributed by atoms with Crippen molar-refractivity contribution >= 4 is 39.1 Å². The number of Topliss-reactive ketones (excluding diaryl/α,β-unsaturated/α-hetero) is 2. The van der Waals surface area contributed by atoms with E-state index >= 15 is 0 Å². The molecule has 0 atom stereocenters. The summed E-state index contributed by atoms with van der Waals surface area (Å²) in [7, 11) is 0. The van der Waals surface area contributed by atoms with Crippen LogP contribution in [-0.2, 0) is 14.4 Å². The van der Waals surface area contributed by atoms with Crippen molar-refractivity contribution in [1.82, 2.24) is 4.90 Å². The van der Waals surface area contributed by atoms with Crippen LogP contribution in [-0.4, -0.2) is 35.5 Å². The zero-order chi connectivity index (χ0) is 31.3. The van der Waals surface area contributed by atoms with Gasteiger partial charge in [0.15, 0.2) is 18.2 Å². The van der Waals surface area contributed by atoms with E-state index in [1.165, 1.54) is 0 Å². The van der Waals surface area contributed by atoms with Crippen LogP contribution in [0.25, 0.3) is 0 Å². The highest BCUT2D eigenvalue weighted by atomic mass is 79.9. The van der Waals surface area contributed by atoms with E-state index in [-0.39, 0.29) is 34.9 Å². The Balaban J connectivity index is 1.60. The molecule has 43 heavy (non-hydrogen) atoms. The molecule has 1 N–H and O–H groups in total. The van der Waals surface area contributed by atoms with Crippen molar-refractivity contribution in [2.45, 2.75) is 86.5 Å². The number of amides is 1. The fourth-order valence-electron chi connectivity index (χ4n) is 6.93. The molecule has 1 amide bonds. The Hall–Kier alpha value is -3.19. The highest BCUT2D eigenvalue weighted by molar-refractivity contribution is 9.10. The maximum absolute atomic E-state index is 14.1. The summed E-state index contributed by atoms with van der Waals surface area (Å²) in [6.07, 6.45) is 3.28. The van der Waals surface area contributed by atoms with E-state index in [1.54, 1.807) is 0 Å². The van der Waals surface area contributed by atoms with Crippen LogP contribution in [0.2, 0.25) is 0 Å². The maximum Gasteiger partial charge on any atom is 0.262 e. The molecule has 5 rings (SSSR count). The number of aryl methyl sites for hydroxylation is 2. The lowest BCUT2D eigenvalue weighted by molar-refractivity contribution is -0.120. The van der Waals surface area contributed by atoms with Crippen LogP contribution < -0.4 is 10.1 Å². The number of carbonyl (C=O) groups is 3. The van der Waals surface area contributed by atoms with E-state index in [1.807, 2.05) is 50.2 Å². The van der Waals surface area contributed by atoms with Crippen molar-refractivity contribution in [3.8, 4) is 5.75 Å². The summed E-state index contributed by atoms with van der Waals surface area (Å²) in [5.41, 5.74) is 6.66. The Morgan fingerprint density at radius 1 is 0.930 bits per heavy atom. The van der Waals surface area contributed by atoms with Gasteiger partial charge < -0.3 is 15.0 Å². The Morgan fingerprint density at radius 2 is 1.53 bits per heavy atom. The van der Waals surface area contributed by atoms with Gasteiger partial charge in [0.05, 0.1) is 0 Å². The fourth-order valence-corrected chi connectivity index (χ4v) is 7.31. The first kappa shape index (κ1) is 31.2. The number of anilines is 1. The smallest absolute Gasteiger partial charge is 0.262 e. The minimum atomic E-state index is -0.542. The van der Waals surface area contributed by atoms with Crippen LogP contribution in [0.4, 0.5) is 5.69 Å². The lowest BCUT2D eigenvalue weighted by atomic mass is 9.63. The third-order valence-electron chi connectivity index (χ3n) is 8.78. The SMILES string of the molecule is CCCN1C2=C(C(=O)CC(C)(C)C2)C(c2cc(Br)ccc2OCC(=O)Nc2cc(C)ccc2C)C2=C1CC(C)(C)CC2=O. The molecule has 2 aromatic carbocycles. The zero-order valence-electron chi connectivity index (χ0n) is 26.4. The molecule has 1 aliphatic heterocycles. The lowest BCUT2D eigenvalue weighted by Gasteiger charge is -2.49. The standard InChI is InChI=1S/C36H43BrN2O4/c1-8-13-39-26-16-35(4,5)18-28(40)33(26)32(34-27(39)17-36(6,7)19-29(34)41)24-15-23(37)11-12-30(24)43-20-31(42)38-25-14-21(2)9-10-22(25)3/h9-12,14-15,32H,8,13,16-20H2,1-7H3,(H,38,42). The van der Waals surface area contributed by atoms with E-state index in [2.05, 4.69) is 60.8 Å². The molecule has 0 radical (unpaired) electrons. The number of benzene rings is 2. The molecule has 228 valence electrons. The average Bonchev–Trinajstić information content (AvgIpc) is 2.89. The number of ether oxygens (including phenoxy) is 1.